The van der Waals surface area contributed by atoms with Gasteiger partial charge in [-0.1, -0.05) is 13.8 Å². The zero-order valence-corrected chi connectivity index (χ0v) is 7.09. The van der Waals surface area contributed by atoms with Gasteiger partial charge in [-0.25, -0.2) is 0 Å². The Hall–Kier alpha value is -0.160. The lowest BCUT2D eigenvalue weighted by atomic mass is 9.96. The summed E-state index contributed by atoms with van der Waals surface area (Å²) < 4.78 is 10.7. The molecule has 1 aliphatic heterocycles. The molecule has 4 nitrogen and oxygen atoms in total. The SMILES string of the molecule is CC1(C)COC(CNN)OC1. The minimum absolute atomic E-state index is 0.144. The van der Waals surface area contributed by atoms with Crippen molar-refractivity contribution in [1.82, 2.24) is 5.43 Å². The topological polar surface area (TPSA) is 56.5 Å². The van der Waals surface area contributed by atoms with Crippen molar-refractivity contribution in [2.75, 3.05) is 19.8 Å². The fraction of sp³-hybridized carbons (Fsp3) is 1.00. The monoisotopic (exact) mass is 160 g/mol. The van der Waals surface area contributed by atoms with Gasteiger partial charge in [0.25, 0.3) is 0 Å². The van der Waals surface area contributed by atoms with E-state index >= 15 is 0 Å². The first-order chi connectivity index (χ1) is 5.14. The summed E-state index contributed by atoms with van der Waals surface area (Å²) in [6.07, 6.45) is -0.173. The third-order valence-electron chi connectivity index (χ3n) is 1.60. The van der Waals surface area contributed by atoms with Gasteiger partial charge in [0.05, 0.1) is 19.8 Å². The van der Waals surface area contributed by atoms with Crippen LogP contribution in [0.4, 0.5) is 0 Å². The Morgan fingerprint density at radius 3 is 2.45 bits per heavy atom. The van der Waals surface area contributed by atoms with E-state index in [2.05, 4.69) is 19.3 Å². The molecule has 0 bridgehead atoms. The Morgan fingerprint density at radius 2 is 2.00 bits per heavy atom. The lowest BCUT2D eigenvalue weighted by Gasteiger charge is -2.34. The summed E-state index contributed by atoms with van der Waals surface area (Å²) >= 11 is 0. The van der Waals surface area contributed by atoms with E-state index in [0.717, 1.165) is 13.2 Å². The molecule has 1 saturated heterocycles. The van der Waals surface area contributed by atoms with Gasteiger partial charge in [-0.15, -0.1) is 0 Å². The minimum atomic E-state index is -0.173. The van der Waals surface area contributed by atoms with Crippen molar-refractivity contribution in [3.05, 3.63) is 0 Å². The van der Waals surface area contributed by atoms with Crippen LogP contribution in [0, 0.1) is 5.41 Å². The van der Waals surface area contributed by atoms with Crippen LogP contribution in [0.2, 0.25) is 0 Å². The second-order valence-electron chi connectivity index (χ2n) is 3.62. The van der Waals surface area contributed by atoms with Crippen LogP contribution in [0.5, 0.6) is 0 Å². The number of nitrogens with one attached hydrogen (secondary N) is 1. The highest BCUT2D eigenvalue weighted by atomic mass is 16.7. The molecule has 11 heavy (non-hydrogen) atoms. The van der Waals surface area contributed by atoms with E-state index < -0.39 is 0 Å². The van der Waals surface area contributed by atoms with Crippen LogP contribution < -0.4 is 11.3 Å². The Kier molecular flexibility index (Phi) is 2.84. The molecule has 0 amide bonds. The average molecular weight is 160 g/mol. The Balaban J connectivity index is 2.25. The second kappa shape index (κ2) is 3.49. The largest absolute Gasteiger partial charge is 0.351 e. The maximum absolute atomic E-state index is 5.37. The van der Waals surface area contributed by atoms with Crippen molar-refractivity contribution in [3.8, 4) is 0 Å². The van der Waals surface area contributed by atoms with Crippen LogP contribution in [0.3, 0.4) is 0 Å². The van der Waals surface area contributed by atoms with Crippen molar-refractivity contribution >= 4 is 0 Å². The summed E-state index contributed by atoms with van der Waals surface area (Å²) in [5.74, 6) is 5.12. The molecule has 1 heterocycles. The Labute approximate surface area is 67.0 Å². The molecule has 0 saturated carbocycles. The fourth-order valence-corrected chi connectivity index (χ4v) is 0.941. The standard InChI is InChI=1S/C7H16N2O2/c1-7(2)4-10-6(3-9-8)11-5-7/h6,9H,3-5,8H2,1-2H3. The van der Waals surface area contributed by atoms with Gasteiger partial charge in [0.15, 0.2) is 6.29 Å². The number of hydrogen-bond acceptors (Lipinski definition) is 4. The van der Waals surface area contributed by atoms with Gasteiger partial charge in [-0.3, -0.25) is 11.3 Å². The number of ether oxygens (including phenoxy) is 2. The second-order valence-corrected chi connectivity index (χ2v) is 3.62. The predicted octanol–water partition coefficient (Wildman–Crippen LogP) is -0.151. The third-order valence-corrected chi connectivity index (χ3v) is 1.60. The van der Waals surface area contributed by atoms with Crippen molar-refractivity contribution in [2.24, 2.45) is 11.3 Å². The molecule has 4 heteroatoms. The lowest BCUT2D eigenvalue weighted by molar-refractivity contribution is -0.218. The van der Waals surface area contributed by atoms with Gasteiger partial charge in [0.1, 0.15) is 0 Å². The quantitative estimate of drug-likeness (QED) is 0.435. The van der Waals surface area contributed by atoms with Gasteiger partial charge in [-0.2, -0.15) is 0 Å². The fourth-order valence-electron chi connectivity index (χ4n) is 0.941. The van der Waals surface area contributed by atoms with Crippen LogP contribution in [-0.4, -0.2) is 26.0 Å². The highest BCUT2D eigenvalue weighted by Crippen LogP contribution is 2.22. The molecule has 3 N–H and O–H groups in total. The van der Waals surface area contributed by atoms with Crippen molar-refractivity contribution in [1.29, 1.82) is 0 Å². The van der Waals surface area contributed by atoms with Crippen LogP contribution in [0.25, 0.3) is 0 Å². The van der Waals surface area contributed by atoms with E-state index in [1.807, 2.05) is 0 Å². The van der Waals surface area contributed by atoms with Crippen LogP contribution in [0.15, 0.2) is 0 Å². The van der Waals surface area contributed by atoms with E-state index in [1.54, 1.807) is 0 Å². The van der Waals surface area contributed by atoms with Gasteiger partial charge in [0, 0.05) is 5.41 Å². The van der Waals surface area contributed by atoms with Gasteiger partial charge >= 0.3 is 0 Å². The maximum atomic E-state index is 5.37. The summed E-state index contributed by atoms with van der Waals surface area (Å²) in [6, 6.07) is 0. The smallest absolute Gasteiger partial charge is 0.171 e. The van der Waals surface area contributed by atoms with Crippen molar-refractivity contribution in [2.45, 2.75) is 20.1 Å². The van der Waals surface area contributed by atoms with Gasteiger partial charge in [0.2, 0.25) is 0 Å². The first-order valence-electron chi connectivity index (χ1n) is 3.81. The zero-order valence-electron chi connectivity index (χ0n) is 7.09. The minimum Gasteiger partial charge on any atom is -0.351 e. The number of hydrogen-bond donors (Lipinski definition) is 2. The molecule has 1 rings (SSSR count). The third kappa shape index (κ3) is 2.75. The molecular formula is C7H16N2O2. The van der Waals surface area contributed by atoms with E-state index in [0.29, 0.717) is 6.54 Å². The summed E-state index contributed by atoms with van der Waals surface area (Å²) in [5.41, 5.74) is 2.66. The molecule has 0 aromatic heterocycles. The molecule has 1 aliphatic rings. The molecule has 0 aliphatic carbocycles. The van der Waals surface area contributed by atoms with Gasteiger partial charge < -0.3 is 9.47 Å². The normalized spacial score (nSPS) is 25.4. The highest BCUT2D eigenvalue weighted by molar-refractivity contribution is 4.71. The van der Waals surface area contributed by atoms with Crippen LogP contribution >= 0.6 is 0 Å². The first kappa shape index (κ1) is 8.93. The number of rotatable bonds is 2. The predicted molar refractivity (Wildman–Crippen MR) is 41.7 cm³/mol. The molecule has 0 radical (unpaired) electrons. The molecule has 0 atom stereocenters. The molecule has 0 unspecified atom stereocenters. The van der Waals surface area contributed by atoms with E-state index in [4.69, 9.17) is 15.3 Å². The van der Waals surface area contributed by atoms with E-state index in [-0.39, 0.29) is 11.7 Å². The van der Waals surface area contributed by atoms with Crippen LogP contribution in [0.1, 0.15) is 13.8 Å². The lowest BCUT2D eigenvalue weighted by Crippen LogP contribution is -2.43. The Morgan fingerprint density at radius 1 is 1.45 bits per heavy atom. The molecular weight excluding hydrogens is 144 g/mol. The maximum Gasteiger partial charge on any atom is 0.171 e. The molecule has 0 spiro atoms. The summed E-state index contributed by atoms with van der Waals surface area (Å²) in [4.78, 5) is 0. The summed E-state index contributed by atoms with van der Waals surface area (Å²) in [7, 11) is 0. The summed E-state index contributed by atoms with van der Waals surface area (Å²) in [6.45, 7) is 6.24. The molecule has 0 aromatic carbocycles. The first-order valence-corrected chi connectivity index (χ1v) is 3.81. The molecule has 0 aromatic rings. The number of hydrazine groups is 1. The summed E-state index contributed by atoms with van der Waals surface area (Å²) in [5, 5.41) is 0. The Bertz CT molecular complexity index is 118. The average Bonchev–Trinajstić information content (AvgIpc) is 1.94. The van der Waals surface area contributed by atoms with Crippen LogP contribution in [-0.2, 0) is 9.47 Å². The van der Waals surface area contributed by atoms with Crippen molar-refractivity contribution in [3.63, 3.8) is 0 Å². The van der Waals surface area contributed by atoms with Crippen molar-refractivity contribution < 1.29 is 9.47 Å². The molecule has 66 valence electrons. The van der Waals surface area contributed by atoms with Gasteiger partial charge in [-0.05, 0) is 0 Å². The number of nitrogens with two attached hydrogens (primary N) is 1. The molecule has 1 fully saturated rings. The highest BCUT2D eigenvalue weighted by Gasteiger charge is 2.27. The van der Waals surface area contributed by atoms with E-state index in [9.17, 15) is 0 Å². The zero-order chi connectivity index (χ0) is 8.32. The van der Waals surface area contributed by atoms with E-state index in [1.165, 1.54) is 0 Å².